The van der Waals surface area contributed by atoms with E-state index in [9.17, 15) is 9.59 Å². The van der Waals surface area contributed by atoms with Gasteiger partial charge in [-0.3, -0.25) is 9.59 Å². The Morgan fingerprint density at radius 3 is 1.68 bits per heavy atom. The Bertz CT molecular complexity index is 1820. The molecule has 7 nitrogen and oxygen atoms in total. The molecule has 0 aliphatic carbocycles. The van der Waals surface area contributed by atoms with E-state index in [4.69, 9.17) is 4.98 Å². The molecule has 0 fully saturated rings. The van der Waals surface area contributed by atoms with Gasteiger partial charge in [-0.2, -0.15) is 0 Å². The van der Waals surface area contributed by atoms with Gasteiger partial charge in [-0.15, -0.1) is 11.3 Å². The molecule has 0 atom stereocenters. The molecule has 0 saturated heterocycles. The number of imidazole rings is 1. The Morgan fingerprint density at radius 1 is 0.640 bits per heavy atom. The zero-order valence-electron chi connectivity index (χ0n) is 28.7. The predicted molar refractivity (Wildman–Crippen MR) is 202 cm³/mol. The lowest BCUT2D eigenvalue weighted by molar-refractivity contribution is -0.132. The normalized spacial score (nSPS) is 11.0. The molecule has 0 unspecified atom stereocenters. The van der Waals surface area contributed by atoms with Crippen molar-refractivity contribution in [2.75, 3.05) is 13.1 Å². The number of nitrogens with one attached hydrogen (secondary N) is 1. The lowest BCUT2D eigenvalue weighted by Crippen LogP contribution is -2.33. The number of carbonyl (C=O) groups excluding carboxylic acids is 2. The minimum absolute atomic E-state index is 0.103. The van der Waals surface area contributed by atoms with Crippen LogP contribution >= 0.6 is 11.3 Å². The SMILES string of the molecule is CCCN(Cc1ncc(-c2ccc(-c3ccc(-c4csc(CN(CCC)C(=O)Cc5ccccc5)n4)cc3)cc2)[nH]1)C(=O)Cc1ccccc1. The van der Waals surface area contributed by atoms with Gasteiger partial charge in [0.05, 0.1) is 43.5 Å². The molecule has 2 aromatic heterocycles. The van der Waals surface area contributed by atoms with Gasteiger partial charge in [-0.25, -0.2) is 9.97 Å². The van der Waals surface area contributed by atoms with Crippen LogP contribution in [0.5, 0.6) is 0 Å². The molecule has 2 amide bonds. The number of amides is 2. The third-order valence-electron chi connectivity index (χ3n) is 8.65. The van der Waals surface area contributed by atoms with Crippen LogP contribution in [0.1, 0.15) is 48.6 Å². The minimum Gasteiger partial charge on any atom is -0.341 e. The highest BCUT2D eigenvalue weighted by molar-refractivity contribution is 7.09. The highest BCUT2D eigenvalue weighted by Crippen LogP contribution is 2.28. The van der Waals surface area contributed by atoms with Crippen molar-refractivity contribution < 1.29 is 9.59 Å². The molecule has 0 bridgehead atoms. The monoisotopic (exact) mass is 681 g/mol. The smallest absolute Gasteiger partial charge is 0.227 e. The molecular weight excluding hydrogens is 639 g/mol. The Morgan fingerprint density at radius 2 is 1.14 bits per heavy atom. The third kappa shape index (κ3) is 9.01. The summed E-state index contributed by atoms with van der Waals surface area (Å²) in [5.74, 6) is 1.01. The van der Waals surface area contributed by atoms with Gasteiger partial charge in [-0.1, -0.05) is 123 Å². The Kier molecular flexibility index (Phi) is 11.6. The van der Waals surface area contributed by atoms with Crippen molar-refractivity contribution in [1.29, 1.82) is 0 Å². The fourth-order valence-electron chi connectivity index (χ4n) is 6.01. The van der Waals surface area contributed by atoms with Crippen LogP contribution in [-0.4, -0.2) is 49.7 Å². The predicted octanol–water partition coefficient (Wildman–Crippen LogP) is 8.83. The molecule has 0 aliphatic heterocycles. The standard InChI is InChI=1S/C42H43N5O2S/c1-3-23-46(41(48)25-31-11-7-5-8-12-31)28-39-43-27-37(44-39)35-19-15-33(16-20-35)34-17-21-36(22-18-34)38-30-50-40(45-38)29-47(24-4-2)42(49)26-32-13-9-6-10-14-32/h5-22,27,30H,3-4,23-26,28-29H2,1-2H3,(H,43,44). The molecule has 0 saturated carbocycles. The van der Waals surface area contributed by atoms with Crippen LogP contribution in [0, 0.1) is 0 Å². The summed E-state index contributed by atoms with van der Waals surface area (Å²) < 4.78 is 0. The number of benzene rings is 4. The van der Waals surface area contributed by atoms with Gasteiger partial charge >= 0.3 is 0 Å². The summed E-state index contributed by atoms with van der Waals surface area (Å²) in [5.41, 5.74) is 8.22. The van der Waals surface area contributed by atoms with E-state index in [1.165, 1.54) is 0 Å². The van der Waals surface area contributed by atoms with E-state index in [1.54, 1.807) is 11.3 Å². The van der Waals surface area contributed by atoms with Crippen LogP contribution in [0.2, 0.25) is 0 Å². The van der Waals surface area contributed by atoms with Gasteiger partial charge in [0.1, 0.15) is 10.8 Å². The quantitative estimate of drug-likeness (QED) is 0.117. The fraction of sp³-hybridized carbons (Fsp3) is 0.238. The number of H-pyrrole nitrogens is 1. The zero-order valence-corrected chi connectivity index (χ0v) is 29.5. The maximum atomic E-state index is 13.1. The number of rotatable bonds is 15. The summed E-state index contributed by atoms with van der Waals surface area (Å²) in [5, 5.41) is 3.01. The molecule has 6 rings (SSSR count). The first-order valence-corrected chi connectivity index (χ1v) is 18.2. The molecule has 254 valence electrons. The molecule has 0 aliphatic rings. The van der Waals surface area contributed by atoms with E-state index in [1.807, 2.05) is 76.7 Å². The summed E-state index contributed by atoms with van der Waals surface area (Å²) in [6.45, 7) is 6.56. The fourth-order valence-corrected chi connectivity index (χ4v) is 6.83. The van der Waals surface area contributed by atoms with Crippen molar-refractivity contribution >= 4 is 23.2 Å². The average Bonchev–Trinajstić information content (AvgIpc) is 3.82. The maximum absolute atomic E-state index is 13.1. The van der Waals surface area contributed by atoms with E-state index < -0.39 is 0 Å². The second-order valence-electron chi connectivity index (χ2n) is 12.5. The van der Waals surface area contributed by atoms with Crippen molar-refractivity contribution in [2.24, 2.45) is 0 Å². The molecule has 50 heavy (non-hydrogen) atoms. The topological polar surface area (TPSA) is 82.2 Å². The number of hydrogen-bond donors (Lipinski definition) is 1. The molecule has 1 N–H and O–H groups in total. The van der Waals surface area contributed by atoms with Crippen LogP contribution in [-0.2, 0) is 35.5 Å². The van der Waals surface area contributed by atoms with E-state index in [-0.39, 0.29) is 11.8 Å². The minimum atomic E-state index is 0.103. The van der Waals surface area contributed by atoms with Crippen LogP contribution in [0.3, 0.4) is 0 Å². The summed E-state index contributed by atoms with van der Waals surface area (Å²) in [6.07, 6.45) is 4.42. The van der Waals surface area contributed by atoms with E-state index >= 15 is 0 Å². The molecule has 6 aromatic rings. The van der Waals surface area contributed by atoms with Crippen molar-refractivity contribution in [3.05, 3.63) is 143 Å². The van der Waals surface area contributed by atoms with Gasteiger partial charge in [0.2, 0.25) is 11.8 Å². The molecule has 2 heterocycles. The number of hydrogen-bond acceptors (Lipinski definition) is 5. The van der Waals surface area contributed by atoms with Crippen LogP contribution < -0.4 is 0 Å². The second-order valence-corrected chi connectivity index (χ2v) is 13.4. The number of aromatic amines is 1. The molecule has 8 heteroatoms. The summed E-state index contributed by atoms with van der Waals surface area (Å²) in [4.78, 5) is 42.9. The van der Waals surface area contributed by atoms with Gasteiger partial charge in [-0.05, 0) is 40.7 Å². The van der Waals surface area contributed by atoms with Gasteiger partial charge < -0.3 is 14.8 Å². The van der Waals surface area contributed by atoms with Gasteiger partial charge in [0.25, 0.3) is 0 Å². The largest absolute Gasteiger partial charge is 0.341 e. The van der Waals surface area contributed by atoms with Gasteiger partial charge in [0, 0.05) is 24.0 Å². The third-order valence-corrected chi connectivity index (χ3v) is 9.48. The Balaban J connectivity index is 1.06. The molecule has 4 aromatic carbocycles. The first-order valence-electron chi connectivity index (χ1n) is 17.3. The Labute approximate surface area is 298 Å². The van der Waals surface area contributed by atoms with Crippen molar-refractivity contribution in [3.8, 4) is 33.6 Å². The lowest BCUT2D eigenvalue weighted by Gasteiger charge is -2.21. The summed E-state index contributed by atoms with van der Waals surface area (Å²) in [7, 11) is 0. The number of nitrogens with zero attached hydrogens (tertiary/aromatic N) is 4. The number of carbonyl (C=O) groups is 2. The Hall–Kier alpha value is -5.34. The van der Waals surface area contributed by atoms with Crippen molar-refractivity contribution in [1.82, 2.24) is 24.8 Å². The lowest BCUT2D eigenvalue weighted by atomic mass is 10.0. The molecule has 0 spiro atoms. The first kappa shape index (κ1) is 34.5. The molecular formula is C42H43N5O2S. The maximum Gasteiger partial charge on any atom is 0.227 e. The van der Waals surface area contributed by atoms with E-state index in [2.05, 4.69) is 77.7 Å². The second kappa shape index (κ2) is 16.9. The van der Waals surface area contributed by atoms with Crippen LogP contribution in [0.15, 0.2) is 121 Å². The van der Waals surface area contributed by atoms with E-state index in [0.29, 0.717) is 39.0 Å². The zero-order chi connectivity index (χ0) is 34.7. The summed E-state index contributed by atoms with van der Waals surface area (Å²) in [6, 6.07) is 36.7. The number of thiazole rings is 1. The first-order chi connectivity index (χ1) is 24.5. The number of aromatic nitrogens is 3. The van der Waals surface area contributed by atoms with Gasteiger partial charge in [0.15, 0.2) is 0 Å². The highest BCUT2D eigenvalue weighted by atomic mass is 32.1. The van der Waals surface area contributed by atoms with E-state index in [0.717, 1.165) is 68.4 Å². The summed E-state index contributed by atoms with van der Waals surface area (Å²) >= 11 is 1.60. The van der Waals surface area contributed by atoms with Crippen LogP contribution in [0.4, 0.5) is 0 Å². The van der Waals surface area contributed by atoms with Crippen molar-refractivity contribution in [2.45, 2.75) is 52.6 Å². The average molecular weight is 682 g/mol. The molecule has 0 radical (unpaired) electrons. The van der Waals surface area contributed by atoms with Crippen LogP contribution in [0.25, 0.3) is 33.6 Å². The highest BCUT2D eigenvalue weighted by Gasteiger charge is 2.18. The van der Waals surface area contributed by atoms with Crippen molar-refractivity contribution in [3.63, 3.8) is 0 Å².